The van der Waals surface area contributed by atoms with Crippen molar-refractivity contribution in [3.63, 3.8) is 0 Å². The molecule has 0 aliphatic carbocycles. The molecular formula is C19H26ClN3O2+2. The van der Waals surface area contributed by atoms with E-state index in [9.17, 15) is 4.79 Å². The number of aromatic amines is 1. The maximum Gasteiger partial charge on any atom is 0.346 e. The zero-order valence-electron chi connectivity index (χ0n) is 15.1. The fourth-order valence-electron chi connectivity index (χ4n) is 3.61. The first-order valence-electron chi connectivity index (χ1n) is 8.86. The van der Waals surface area contributed by atoms with E-state index < -0.39 is 0 Å². The summed E-state index contributed by atoms with van der Waals surface area (Å²) in [6.07, 6.45) is 3.96. The number of esters is 1. The minimum atomic E-state index is -0.305. The van der Waals surface area contributed by atoms with Gasteiger partial charge in [-0.15, -0.1) is 0 Å². The molecule has 2 N–H and O–H groups in total. The van der Waals surface area contributed by atoms with Gasteiger partial charge in [0.1, 0.15) is 5.56 Å². The van der Waals surface area contributed by atoms with Crippen LogP contribution >= 0.6 is 11.6 Å². The first-order valence-corrected chi connectivity index (χ1v) is 9.24. The van der Waals surface area contributed by atoms with Crippen LogP contribution in [0.1, 0.15) is 30.1 Å². The molecule has 134 valence electrons. The molecule has 0 radical (unpaired) electrons. The van der Waals surface area contributed by atoms with Gasteiger partial charge in [-0.2, -0.15) is 0 Å². The van der Waals surface area contributed by atoms with E-state index in [2.05, 4.69) is 24.0 Å². The number of hydrogen-bond donors (Lipinski definition) is 1. The fraction of sp³-hybridized carbons (Fsp3) is 0.474. The number of pyridine rings is 1. The molecule has 1 fully saturated rings. The number of carbonyl (C=O) groups excluding carboxylic acids is 1. The molecule has 0 bridgehead atoms. The second-order valence-corrected chi connectivity index (χ2v) is 7.20. The summed E-state index contributed by atoms with van der Waals surface area (Å²) < 4.78 is 5.28. The molecule has 2 aromatic rings. The number of aromatic nitrogens is 1. The standard InChI is InChI=1S/C19H24ClN3O2/c1-4-25-19(24)16-12-21-17-6-5-13(20)11-15(17)18(16)23(3)14-7-9-22(2)10-8-14/h5-6,11-12,14H,4,7-10H2,1-3H3/p+2. The van der Waals surface area contributed by atoms with E-state index in [0.29, 0.717) is 23.2 Å². The van der Waals surface area contributed by atoms with Crippen LogP contribution in [0.4, 0.5) is 5.69 Å². The van der Waals surface area contributed by atoms with Crippen LogP contribution in [0.2, 0.25) is 5.02 Å². The van der Waals surface area contributed by atoms with Crippen LogP contribution in [0, 0.1) is 0 Å². The molecule has 1 aromatic heterocycles. The van der Waals surface area contributed by atoms with E-state index in [4.69, 9.17) is 16.3 Å². The number of quaternary nitrogens is 1. The zero-order chi connectivity index (χ0) is 18.0. The van der Waals surface area contributed by atoms with E-state index in [0.717, 1.165) is 42.5 Å². The molecule has 1 aliphatic rings. The highest BCUT2D eigenvalue weighted by atomic mass is 35.5. The summed E-state index contributed by atoms with van der Waals surface area (Å²) in [5.74, 6) is -0.305. The number of anilines is 1. The van der Waals surface area contributed by atoms with Gasteiger partial charge in [0.2, 0.25) is 5.52 Å². The van der Waals surface area contributed by atoms with E-state index in [1.807, 2.05) is 25.1 Å². The zero-order valence-corrected chi connectivity index (χ0v) is 15.8. The molecule has 1 saturated heterocycles. The highest BCUT2D eigenvalue weighted by Gasteiger charge is 2.29. The molecule has 0 saturated carbocycles. The number of halogens is 1. The number of hydrogen-bond acceptors (Lipinski definition) is 3. The van der Waals surface area contributed by atoms with Gasteiger partial charge in [-0.1, -0.05) is 11.6 Å². The predicted octanol–water partition coefficient (Wildman–Crippen LogP) is 1.60. The Hall–Kier alpha value is -1.85. The van der Waals surface area contributed by atoms with Crippen molar-refractivity contribution in [2.45, 2.75) is 25.8 Å². The van der Waals surface area contributed by atoms with Gasteiger partial charge < -0.3 is 14.5 Å². The van der Waals surface area contributed by atoms with Crippen molar-refractivity contribution in [1.82, 2.24) is 0 Å². The summed E-state index contributed by atoms with van der Waals surface area (Å²) in [6.45, 7) is 4.46. The Morgan fingerprint density at radius 1 is 1.40 bits per heavy atom. The Balaban J connectivity index is 2.09. The second kappa shape index (κ2) is 7.58. The molecule has 0 unspecified atom stereocenters. The quantitative estimate of drug-likeness (QED) is 0.839. The number of piperidine rings is 1. The Bertz CT molecular complexity index is 773. The number of nitrogens with zero attached hydrogens (tertiary/aromatic N) is 1. The van der Waals surface area contributed by atoms with E-state index in [1.165, 1.54) is 0 Å². The lowest BCUT2D eigenvalue weighted by atomic mass is 10.0. The van der Waals surface area contributed by atoms with Gasteiger partial charge in [0.05, 0.1) is 37.8 Å². The van der Waals surface area contributed by atoms with Crippen LogP contribution in [-0.2, 0) is 4.74 Å². The SMILES string of the molecule is CCOC(=O)c1c[nH+]c2ccc(Cl)cc2c1N(C)C1CC[NH+](C)CC1. The fourth-order valence-corrected chi connectivity index (χ4v) is 3.78. The van der Waals surface area contributed by atoms with Gasteiger partial charge in [0.25, 0.3) is 0 Å². The van der Waals surface area contributed by atoms with Crippen LogP contribution < -0.4 is 14.8 Å². The molecule has 1 aliphatic heterocycles. The normalized spacial score (nSPS) is 20.5. The van der Waals surface area contributed by atoms with Crippen molar-refractivity contribution in [3.05, 3.63) is 35.0 Å². The maximum absolute atomic E-state index is 12.5. The lowest BCUT2D eigenvalue weighted by Gasteiger charge is -2.35. The number of nitrogens with one attached hydrogen (secondary N) is 2. The van der Waals surface area contributed by atoms with Gasteiger partial charge in [0.15, 0.2) is 6.20 Å². The van der Waals surface area contributed by atoms with Crippen LogP contribution in [0.25, 0.3) is 10.9 Å². The molecule has 3 rings (SSSR count). The van der Waals surface area contributed by atoms with Crippen molar-refractivity contribution in [3.8, 4) is 0 Å². The van der Waals surface area contributed by atoms with Crippen LogP contribution in [0.3, 0.4) is 0 Å². The minimum Gasteiger partial charge on any atom is -0.462 e. The third-order valence-corrected chi connectivity index (χ3v) is 5.30. The number of ether oxygens (including phenoxy) is 1. The van der Waals surface area contributed by atoms with Crippen molar-refractivity contribution >= 4 is 34.2 Å². The first-order chi connectivity index (χ1) is 12.0. The van der Waals surface area contributed by atoms with Crippen LogP contribution in [0.15, 0.2) is 24.4 Å². The summed E-state index contributed by atoms with van der Waals surface area (Å²) in [5, 5.41) is 1.61. The summed E-state index contributed by atoms with van der Waals surface area (Å²) in [6, 6.07) is 6.12. The molecule has 0 spiro atoms. The molecular weight excluding hydrogens is 338 g/mol. The Morgan fingerprint density at radius 3 is 2.80 bits per heavy atom. The number of H-pyrrole nitrogens is 1. The Labute approximate surface area is 153 Å². The summed E-state index contributed by atoms with van der Waals surface area (Å²) in [4.78, 5) is 19.5. The Morgan fingerprint density at radius 2 is 2.12 bits per heavy atom. The van der Waals surface area contributed by atoms with E-state index >= 15 is 0 Å². The molecule has 1 aromatic carbocycles. The summed E-state index contributed by atoms with van der Waals surface area (Å²) in [7, 11) is 4.30. The number of benzene rings is 1. The first kappa shape index (κ1) is 18.0. The molecule has 0 atom stereocenters. The predicted molar refractivity (Wildman–Crippen MR) is 99.5 cm³/mol. The largest absolute Gasteiger partial charge is 0.462 e. The summed E-state index contributed by atoms with van der Waals surface area (Å²) >= 11 is 6.24. The lowest BCUT2D eigenvalue weighted by Crippen LogP contribution is -3.10. The van der Waals surface area contributed by atoms with Crippen molar-refractivity contribution in [2.24, 2.45) is 0 Å². The number of likely N-dealkylation sites (tertiary alicyclic amines) is 1. The lowest BCUT2D eigenvalue weighted by molar-refractivity contribution is -0.884. The molecule has 5 nitrogen and oxygen atoms in total. The number of carbonyl (C=O) groups is 1. The van der Waals surface area contributed by atoms with E-state index in [-0.39, 0.29) is 5.97 Å². The van der Waals surface area contributed by atoms with Gasteiger partial charge in [-0.25, -0.2) is 9.78 Å². The van der Waals surface area contributed by atoms with Crippen molar-refractivity contribution in [1.29, 1.82) is 0 Å². The molecule has 0 amide bonds. The highest BCUT2D eigenvalue weighted by molar-refractivity contribution is 6.31. The molecule has 25 heavy (non-hydrogen) atoms. The van der Waals surface area contributed by atoms with E-state index in [1.54, 1.807) is 11.1 Å². The maximum atomic E-state index is 12.5. The van der Waals surface area contributed by atoms with Crippen molar-refractivity contribution < 1.29 is 19.4 Å². The number of fused-ring (bicyclic) bond motifs is 1. The van der Waals surface area contributed by atoms with Gasteiger partial charge in [-0.05, 0) is 19.1 Å². The molecule has 6 heteroatoms. The topological polar surface area (TPSA) is 48.1 Å². The monoisotopic (exact) mass is 363 g/mol. The third-order valence-electron chi connectivity index (χ3n) is 5.07. The number of rotatable bonds is 4. The second-order valence-electron chi connectivity index (χ2n) is 6.76. The average Bonchev–Trinajstić information content (AvgIpc) is 2.61. The van der Waals surface area contributed by atoms with Crippen LogP contribution in [0.5, 0.6) is 0 Å². The average molecular weight is 364 g/mol. The van der Waals surface area contributed by atoms with Crippen LogP contribution in [-0.4, -0.2) is 45.8 Å². The van der Waals surface area contributed by atoms with Gasteiger partial charge in [-0.3, -0.25) is 0 Å². The minimum absolute atomic E-state index is 0.305. The van der Waals surface area contributed by atoms with Gasteiger partial charge in [0, 0.05) is 37.0 Å². The third kappa shape index (κ3) is 3.72. The highest BCUT2D eigenvalue weighted by Crippen LogP contribution is 2.32. The van der Waals surface area contributed by atoms with Gasteiger partial charge >= 0.3 is 5.97 Å². The smallest absolute Gasteiger partial charge is 0.346 e. The van der Waals surface area contributed by atoms with Crippen molar-refractivity contribution in [2.75, 3.05) is 38.7 Å². The molecule has 2 heterocycles. The summed E-state index contributed by atoms with van der Waals surface area (Å²) in [5.41, 5.74) is 2.42. The Kier molecular flexibility index (Phi) is 5.45.